The third-order valence-electron chi connectivity index (χ3n) is 7.35. The van der Waals surface area contributed by atoms with Gasteiger partial charge in [-0.1, -0.05) is 36.4 Å². The zero-order valence-corrected chi connectivity index (χ0v) is 22.6. The van der Waals surface area contributed by atoms with E-state index in [4.69, 9.17) is 0 Å². The summed E-state index contributed by atoms with van der Waals surface area (Å²) in [5, 5.41) is 22.4. The van der Waals surface area contributed by atoms with Gasteiger partial charge in [0.05, 0.1) is 21.0 Å². The lowest BCUT2D eigenvalue weighted by Crippen LogP contribution is -2.16. The van der Waals surface area contributed by atoms with Crippen molar-refractivity contribution in [1.29, 1.82) is 0 Å². The average Bonchev–Trinajstić information content (AvgIpc) is 3.60. The van der Waals surface area contributed by atoms with Crippen LogP contribution >= 0.6 is 0 Å². The molecule has 0 fully saturated rings. The van der Waals surface area contributed by atoms with Crippen molar-refractivity contribution in [2.24, 2.45) is 0 Å². The van der Waals surface area contributed by atoms with Crippen molar-refractivity contribution in [3.63, 3.8) is 0 Å². The van der Waals surface area contributed by atoms with E-state index in [9.17, 15) is 46.6 Å². The molecule has 6 rings (SSSR count). The number of anilines is 4. The fraction of sp³-hybridized carbons (Fsp3) is 0.200. The molecule has 4 aromatic carbocycles. The van der Waals surface area contributed by atoms with Crippen molar-refractivity contribution in [2.45, 2.75) is 25.2 Å². The summed E-state index contributed by atoms with van der Waals surface area (Å²) in [6, 6.07) is 20.0. The highest BCUT2D eigenvalue weighted by atomic mass is 19.4. The number of rotatable bonds is 4. The average molecular weight is 617 g/mol. The van der Waals surface area contributed by atoms with Crippen LogP contribution in [0.25, 0.3) is 0 Å². The number of nitro benzene ring substituents is 2. The van der Waals surface area contributed by atoms with E-state index in [1.54, 1.807) is 21.9 Å². The Bertz CT molecular complexity index is 1610. The van der Waals surface area contributed by atoms with Crippen LogP contribution in [0.1, 0.15) is 22.3 Å². The Labute approximate surface area is 246 Å². The Hall–Kier alpha value is -5.14. The summed E-state index contributed by atoms with van der Waals surface area (Å²) in [5.41, 5.74) is 0.902. The molecule has 44 heavy (non-hydrogen) atoms. The van der Waals surface area contributed by atoms with Crippen LogP contribution in [0.4, 0.5) is 60.5 Å². The highest BCUT2D eigenvalue weighted by Gasteiger charge is 2.36. The molecule has 0 aromatic heterocycles. The zero-order chi connectivity index (χ0) is 31.8. The molecule has 0 N–H and O–H groups in total. The van der Waals surface area contributed by atoms with Crippen molar-refractivity contribution < 1.29 is 36.2 Å². The minimum atomic E-state index is -4.60. The van der Waals surface area contributed by atoms with Gasteiger partial charge in [0.1, 0.15) is 11.4 Å². The van der Waals surface area contributed by atoms with Crippen molar-refractivity contribution in [2.75, 3.05) is 22.9 Å². The van der Waals surface area contributed by atoms with E-state index in [2.05, 4.69) is 0 Å². The van der Waals surface area contributed by atoms with Crippen LogP contribution in [-0.4, -0.2) is 22.9 Å². The molecule has 0 aliphatic carbocycles. The minimum Gasteiger partial charge on any atom is -0.335 e. The number of hydrogen-bond acceptors (Lipinski definition) is 6. The maximum absolute atomic E-state index is 12.7. The molecule has 2 aliphatic heterocycles. The number of fused-ring (bicyclic) bond motifs is 2. The van der Waals surface area contributed by atoms with E-state index < -0.39 is 44.7 Å². The SMILES string of the molecule is O=[N+]([O-])c1cc(C(F)(F)F)ccc1N1CCc2ccccc21.O=[N+]([O-])c1cc(C(F)(F)F)ccc1N1CCc2ccccc21. The van der Waals surface area contributed by atoms with Crippen LogP contribution in [-0.2, 0) is 25.2 Å². The van der Waals surface area contributed by atoms with Gasteiger partial charge in [-0.2, -0.15) is 26.3 Å². The lowest BCUT2D eigenvalue weighted by Gasteiger charge is -2.20. The fourth-order valence-corrected chi connectivity index (χ4v) is 5.33. The first kappa shape index (κ1) is 30.3. The fourth-order valence-electron chi connectivity index (χ4n) is 5.33. The summed E-state index contributed by atoms with van der Waals surface area (Å²) in [4.78, 5) is 24.2. The molecule has 0 amide bonds. The number of nitrogens with zero attached hydrogens (tertiary/aromatic N) is 4. The zero-order valence-electron chi connectivity index (χ0n) is 22.6. The van der Waals surface area contributed by atoms with Crippen LogP contribution in [0, 0.1) is 20.2 Å². The van der Waals surface area contributed by atoms with Crippen LogP contribution < -0.4 is 9.80 Å². The predicted octanol–water partition coefficient (Wildman–Crippen LogP) is 8.62. The molecule has 0 saturated carbocycles. The Morgan fingerprint density at radius 1 is 0.545 bits per heavy atom. The molecule has 0 bridgehead atoms. The number of nitro groups is 2. The lowest BCUT2D eigenvalue weighted by atomic mass is 10.1. The number of hydrogen-bond donors (Lipinski definition) is 0. The van der Waals surface area contributed by atoms with Gasteiger partial charge < -0.3 is 9.80 Å². The van der Waals surface area contributed by atoms with Gasteiger partial charge in [0.2, 0.25) is 0 Å². The molecule has 0 unspecified atom stereocenters. The monoisotopic (exact) mass is 616 g/mol. The van der Waals surface area contributed by atoms with Gasteiger partial charge >= 0.3 is 12.4 Å². The molecular formula is C30H22F6N4O4. The molecule has 14 heteroatoms. The van der Waals surface area contributed by atoms with Gasteiger partial charge in [0.25, 0.3) is 11.4 Å². The number of alkyl halides is 6. The molecule has 2 aliphatic rings. The summed E-state index contributed by atoms with van der Waals surface area (Å²) in [5.74, 6) is 0. The van der Waals surface area contributed by atoms with Crippen molar-refractivity contribution >= 4 is 34.1 Å². The molecule has 4 aromatic rings. The third kappa shape index (κ3) is 6.00. The standard InChI is InChI=1S/2C15H11F3N2O2/c2*16-15(17,18)11-5-6-13(14(9-11)20(21)22)19-8-7-10-3-1-2-4-12(10)19/h2*1-6,9H,7-8H2. The Balaban J connectivity index is 0.000000175. The first-order chi connectivity index (χ1) is 20.8. The smallest absolute Gasteiger partial charge is 0.335 e. The quantitative estimate of drug-likeness (QED) is 0.130. The molecule has 2 heterocycles. The molecule has 0 atom stereocenters. The lowest BCUT2D eigenvalue weighted by molar-refractivity contribution is -0.384. The summed E-state index contributed by atoms with van der Waals surface area (Å²) in [7, 11) is 0. The van der Waals surface area contributed by atoms with E-state index in [-0.39, 0.29) is 11.4 Å². The van der Waals surface area contributed by atoms with Crippen molar-refractivity contribution in [1.82, 2.24) is 0 Å². The van der Waals surface area contributed by atoms with Gasteiger partial charge in [-0.05, 0) is 60.4 Å². The Kier molecular flexibility index (Phi) is 7.93. The Morgan fingerprint density at radius 3 is 1.25 bits per heavy atom. The van der Waals surface area contributed by atoms with E-state index in [1.807, 2.05) is 36.4 Å². The van der Waals surface area contributed by atoms with Crippen LogP contribution in [0.15, 0.2) is 84.9 Å². The largest absolute Gasteiger partial charge is 0.416 e. The number of halogens is 6. The molecule has 228 valence electrons. The van der Waals surface area contributed by atoms with Crippen LogP contribution in [0.5, 0.6) is 0 Å². The van der Waals surface area contributed by atoms with E-state index in [0.717, 1.165) is 34.6 Å². The third-order valence-corrected chi connectivity index (χ3v) is 7.35. The minimum absolute atomic E-state index is 0.183. The molecule has 0 spiro atoms. The molecule has 8 nitrogen and oxygen atoms in total. The maximum atomic E-state index is 12.7. The van der Waals surface area contributed by atoms with Crippen molar-refractivity contribution in [3.8, 4) is 0 Å². The van der Waals surface area contributed by atoms with Crippen molar-refractivity contribution in [3.05, 3.63) is 127 Å². The highest BCUT2D eigenvalue weighted by Crippen LogP contribution is 2.43. The maximum Gasteiger partial charge on any atom is 0.416 e. The predicted molar refractivity (Wildman–Crippen MR) is 151 cm³/mol. The second-order valence-corrected chi connectivity index (χ2v) is 9.98. The topological polar surface area (TPSA) is 92.8 Å². The van der Waals surface area contributed by atoms with Gasteiger partial charge in [-0.15, -0.1) is 0 Å². The number of para-hydroxylation sites is 2. The highest BCUT2D eigenvalue weighted by molar-refractivity contribution is 5.77. The van der Waals surface area contributed by atoms with Crippen LogP contribution in [0.3, 0.4) is 0 Å². The first-order valence-corrected chi connectivity index (χ1v) is 13.2. The summed E-state index contributed by atoms with van der Waals surface area (Å²) in [6.45, 7) is 1.01. The normalized spacial score (nSPS) is 14.0. The van der Waals surface area contributed by atoms with Gasteiger partial charge in [-0.25, -0.2) is 0 Å². The second-order valence-electron chi connectivity index (χ2n) is 9.98. The number of benzene rings is 4. The van der Waals surface area contributed by atoms with Gasteiger partial charge in [-0.3, -0.25) is 20.2 Å². The summed E-state index contributed by atoms with van der Waals surface area (Å²) in [6.07, 6.45) is -7.80. The van der Waals surface area contributed by atoms with E-state index in [1.165, 1.54) is 12.1 Å². The Morgan fingerprint density at radius 2 is 0.909 bits per heavy atom. The first-order valence-electron chi connectivity index (χ1n) is 13.2. The summed E-state index contributed by atoms with van der Waals surface area (Å²) < 4.78 is 76.5. The molecule has 0 saturated heterocycles. The van der Waals surface area contributed by atoms with E-state index >= 15 is 0 Å². The van der Waals surface area contributed by atoms with Gasteiger partial charge in [0.15, 0.2) is 0 Å². The van der Waals surface area contributed by atoms with E-state index in [0.29, 0.717) is 38.1 Å². The van der Waals surface area contributed by atoms with Gasteiger partial charge in [0, 0.05) is 36.6 Å². The van der Waals surface area contributed by atoms with Crippen LogP contribution in [0.2, 0.25) is 0 Å². The molecule has 0 radical (unpaired) electrons. The second kappa shape index (κ2) is 11.5. The summed E-state index contributed by atoms with van der Waals surface area (Å²) >= 11 is 0. The molecular weight excluding hydrogens is 594 g/mol.